The normalized spacial score (nSPS) is 17.1. The highest BCUT2D eigenvalue weighted by Gasteiger charge is 2.31. The molecule has 5 nitrogen and oxygen atoms in total. The molecule has 2 heterocycles. The summed E-state index contributed by atoms with van der Waals surface area (Å²) in [6.07, 6.45) is -2.62. The van der Waals surface area contributed by atoms with Crippen molar-refractivity contribution < 1.29 is 27.4 Å². The number of ether oxygens (including phenoxy) is 2. The largest absolute Gasteiger partial charge is 0.573 e. The molecule has 1 aliphatic heterocycles. The summed E-state index contributed by atoms with van der Waals surface area (Å²) in [4.78, 5) is 15.6. The summed E-state index contributed by atoms with van der Waals surface area (Å²) in [6, 6.07) is 9.07. The molecular formula is C19H21F3N2O3S. The van der Waals surface area contributed by atoms with Crippen LogP contribution in [0.5, 0.6) is 5.75 Å². The van der Waals surface area contributed by atoms with Crippen molar-refractivity contribution in [2.45, 2.75) is 31.9 Å². The Kier molecular flexibility index (Phi) is 6.93. The van der Waals surface area contributed by atoms with Gasteiger partial charge in [-0.1, -0.05) is 6.07 Å². The van der Waals surface area contributed by atoms with Crippen molar-refractivity contribution in [2.24, 2.45) is 0 Å². The topological polar surface area (TPSA) is 50.8 Å². The highest BCUT2D eigenvalue weighted by Crippen LogP contribution is 2.24. The number of carbonyl (C=O) groups excluding carboxylic acids is 1. The second-order valence-corrected chi connectivity index (χ2v) is 7.54. The third kappa shape index (κ3) is 6.81. The Morgan fingerprint density at radius 1 is 1.29 bits per heavy atom. The highest BCUT2D eigenvalue weighted by molar-refractivity contribution is 7.09. The zero-order valence-electron chi connectivity index (χ0n) is 15.1. The number of halogens is 3. The first kappa shape index (κ1) is 20.6. The SMILES string of the molecule is O=C(CN(Cc1cccs1)C[C@@H]1CCCO1)Nc1ccc(OC(F)(F)F)cc1. The molecule has 0 aliphatic carbocycles. The fourth-order valence-corrected chi connectivity index (χ4v) is 3.77. The van der Waals surface area contributed by atoms with Crippen LogP contribution in [0, 0.1) is 0 Å². The molecule has 9 heteroatoms. The number of rotatable bonds is 8. The minimum Gasteiger partial charge on any atom is -0.406 e. The first-order valence-electron chi connectivity index (χ1n) is 8.89. The van der Waals surface area contributed by atoms with Gasteiger partial charge in [0, 0.05) is 30.3 Å². The summed E-state index contributed by atoms with van der Waals surface area (Å²) < 4.78 is 46.1. The van der Waals surface area contributed by atoms with Gasteiger partial charge in [-0.2, -0.15) is 0 Å². The summed E-state index contributed by atoms with van der Waals surface area (Å²) >= 11 is 1.63. The van der Waals surface area contributed by atoms with Crippen LogP contribution in [-0.4, -0.2) is 43.0 Å². The van der Waals surface area contributed by atoms with E-state index in [1.54, 1.807) is 11.3 Å². The van der Waals surface area contributed by atoms with Gasteiger partial charge >= 0.3 is 6.36 Å². The predicted octanol–water partition coefficient (Wildman–Crippen LogP) is 4.27. The molecule has 152 valence electrons. The summed E-state index contributed by atoms with van der Waals surface area (Å²) in [5, 5.41) is 4.70. The van der Waals surface area contributed by atoms with E-state index in [0.717, 1.165) is 24.3 Å². The number of benzene rings is 1. The number of hydrogen-bond acceptors (Lipinski definition) is 5. The first-order chi connectivity index (χ1) is 13.4. The lowest BCUT2D eigenvalue weighted by Crippen LogP contribution is -2.37. The third-order valence-corrected chi connectivity index (χ3v) is 5.05. The second-order valence-electron chi connectivity index (χ2n) is 6.50. The maximum absolute atomic E-state index is 12.4. The molecule has 1 aromatic heterocycles. The van der Waals surface area contributed by atoms with E-state index < -0.39 is 6.36 Å². The van der Waals surface area contributed by atoms with E-state index in [1.807, 2.05) is 22.4 Å². The number of hydrogen-bond donors (Lipinski definition) is 1. The molecule has 28 heavy (non-hydrogen) atoms. The van der Waals surface area contributed by atoms with Gasteiger partial charge < -0.3 is 14.8 Å². The van der Waals surface area contributed by atoms with Gasteiger partial charge in [-0.25, -0.2) is 0 Å². The van der Waals surface area contributed by atoms with E-state index in [2.05, 4.69) is 10.1 Å². The van der Waals surface area contributed by atoms with E-state index in [1.165, 1.54) is 24.3 Å². The van der Waals surface area contributed by atoms with E-state index >= 15 is 0 Å². The van der Waals surface area contributed by atoms with Crippen LogP contribution in [-0.2, 0) is 16.1 Å². The molecule has 1 aliphatic rings. The van der Waals surface area contributed by atoms with Crippen molar-refractivity contribution in [1.29, 1.82) is 0 Å². The van der Waals surface area contributed by atoms with Crippen LogP contribution in [0.3, 0.4) is 0 Å². The van der Waals surface area contributed by atoms with Crippen molar-refractivity contribution in [3.05, 3.63) is 46.7 Å². The molecule has 1 N–H and O–H groups in total. The Labute approximate surface area is 165 Å². The fourth-order valence-electron chi connectivity index (χ4n) is 3.03. The van der Waals surface area contributed by atoms with E-state index in [-0.39, 0.29) is 24.3 Å². The average Bonchev–Trinajstić information content (AvgIpc) is 3.29. The zero-order chi connectivity index (χ0) is 20.0. The molecule has 1 amide bonds. The van der Waals surface area contributed by atoms with Crippen LogP contribution in [0.15, 0.2) is 41.8 Å². The lowest BCUT2D eigenvalue weighted by Gasteiger charge is -2.24. The maximum Gasteiger partial charge on any atom is 0.573 e. The molecule has 0 unspecified atom stereocenters. The maximum atomic E-state index is 12.4. The van der Waals surface area contributed by atoms with Crippen LogP contribution >= 0.6 is 11.3 Å². The summed E-state index contributed by atoms with van der Waals surface area (Å²) in [5.41, 5.74) is 0.410. The number of alkyl halides is 3. The minimum absolute atomic E-state index is 0.117. The zero-order valence-corrected chi connectivity index (χ0v) is 15.9. The first-order valence-corrected chi connectivity index (χ1v) is 9.77. The second kappa shape index (κ2) is 9.40. The molecule has 1 atom stereocenters. The highest BCUT2D eigenvalue weighted by atomic mass is 32.1. The molecule has 0 radical (unpaired) electrons. The Balaban J connectivity index is 1.56. The van der Waals surface area contributed by atoms with Gasteiger partial charge in [0.25, 0.3) is 0 Å². The molecule has 1 fully saturated rings. The van der Waals surface area contributed by atoms with Crippen LogP contribution in [0.4, 0.5) is 18.9 Å². The number of amides is 1. The van der Waals surface area contributed by atoms with Gasteiger partial charge in [0.15, 0.2) is 0 Å². The van der Waals surface area contributed by atoms with Gasteiger partial charge in [0.05, 0.1) is 12.6 Å². The molecule has 3 rings (SSSR count). The third-order valence-electron chi connectivity index (χ3n) is 4.18. The molecule has 2 aromatic rings. The van der Waals surface area contributed by atoms with Crippen LogP contribution in [0.2, 0.25) is 0 Å². The number of thiophene rings is 1. The quantitative estimate of drug-likeness (QED) is 0.701. The smallest absolute Gasteiger partial charge is 0.406 e. The van der Waals surface area contributed by atoms with Crippen LogP contribution in [0.25, 0.3) is 0 Å². The molecule has 0 bridgehead atoms. The Morgan fingerprint density at radius 2 is 2.07 bits per heavy atom. The van der Waals surface area contributed by atoms with Crippen molar-refractivity contribution in [1.82, 2.24) is 4.90 Å². The average molecular weight is 414 g/mol. The Bertz CT molecular complexity index is 745. The number of anilines is 1. The van der Waals surface area contributed by atoms with Gasteiger partial charge in [0.1, 0.15) is 5.75 Å². The Hall–Kier alpha value is -2.10. The molecular weight excluding hydrogens is 393 g/mol. The molecule has 1 saturated heterocycles. The lowest BCUT2D eigenvalue weighted by atomic mass is 10.2. The van der Waals surface area contributed by atoms with E-state index in [9.17, 15) is 18.0 Å². The predicted molar refractivity (Wildman–Crippen MR) is 100 cm³/mol. The molecule has 1 aromatic carbocycles. The standard InChI is InChI=1S/C19H21F3N2O3S/c20-19(21,22)27-15-7-5-14(6-8-15)23-18(25)13-24(11-16-3-1-9-26-16)12-17-4-2-10-28-17/h2,4-8,10,16H,1,3,9,11-13H2,(H,23,25)/t16-/m0/s1. The van der Waals surface area contributed by atoms with Crippen LogP contribution < -0.4 is 10.1 Å². The van der Waals surface area contributed by atoms with Crippen LogP contribution in [0.1, 0.15) is 17.7 Å². The minimum atomic E-state index is -4.74. The molecule has 0 spiro atoms. The molecule has 0 saturated carbocycles. The summed E-state index contributed by atoms with van der Waals surface area (Å²) in [6.45, 7) is 2.21. The van der Waals surface area contributed by atoms with Gasteiger partial charge in [-0.05, 0) is 48.6 Å². The monoisotopic (exact) mass is 414 g/mol. The van der Waals surface area contributed by atoms with E-state index in [0.29, 0.717) is 18.8 Å². The summed E-state index contributed by atoms with van der Waals surface area (Å²) in [5.74, 6) is -0.567. The van der Waals surface area contributed by atoms with Gasteiger partial charge in [-0.3, -0.25) is 9.69 Å². The Morgan fingerprint density at radius 3 is 2.68 bits per heavy atom. The van der Waals surface area contributed by atoms with Crippen molar-refractivity contribution in [3.8, 4) is 5.75 Å². The van der Waals surface area contributed by atoms with Gasteiger partial charge in [-0.15, -0.1) is 24.5 Å². The summed E-state index contributed by atoms with van der Waals surface area (Å²) in [7, 11) is 0. The van der Waals surface area contributed by atoms with E-state index in [4.69, 9.17) is 4.74 Å². The van der Waals surface area contributed by atoms with Crippen molar-refractivity contribution in [3.63, 3.8) is 0 Å². The fraction of sp³-hybridized carbons (Fsp3) is 0.421. The van der Waals surface area contributed by atoms with Gasteiger partial charge in [0.2, 0.25) is 5.91 Å². The van der Waals surface area contributed by atoms with Crippen molar-refractivity contribution >= 4 is 22.9 Å². The number of carbonyl (C=O) groups is 1. The number of nitrogens with one attached hydrogen (secondary N) is 1. The lowest BCUT2D eigenvalue weighted by molar-refractivity contribution is -0.274. The van der Waals surface area contributed by atoms with Crippen molar-refractivity contribution in [2.75, 3.05) is 25.0 Å². The number of nitrogens with zero attached hydrogens (tertiary/aromatic N) is 1.